The molecule has 2 fully saturated rings. The number of hydrogen-bond donors (Lipinski definition) is 1. The SMILES string of the molecule is COc1cc(C(F)(F)F)cc(OC)c1C(=O)N[C@H]1CCC[C@H]1N1CCCC1. The number of likely N-dealkylation sites (tertiary alicyclic amines) is 1. The van der Waals surface area contributed by atoms with Gasteiger partial charge in [0.15, 0.2) is 0 Å². The first kappa shape index (κ1) is 19.8. The number of nitrogens with zero attached hydrogens (tertiary/aromatic N) is 1. The lowest BCUT2D eigenvalue weighted by molar-refractivity contribution is -0.137. The lowest BCUT2D eigenvalue weighted by Crippen LogP contribution is -2.47. The third-order valence-corrected chi connectivity index (χ3v) is 5.47. The molecule has 8 heteroatoms. The predicted octanol–water partition coefficient (Wildman–Crippen LogP) is 3.47. The van der Waals surface area contributed by atoms with Gasteiger partial charge in [-0.2, -0.15) is 13.2 Å². The van der Waals surface area contributed by atoms with E-state index < -0.39 is 17.6 Å². The topological polar surface area (TPSA) is 50.8 Å². The van der Waals surface area contributed by atoms with E-state index in [4.69, 9.17) is 9.47 Å². The number of carbonyl (C=O) groups is 1. The van der Waals surface area contributed by atoms with Crippen molar-refractivity contribution in [1.29, 1.82) is 0 Å². The third kappa shape index (κ3) is 4.15. The Kier molecular flexibility index (Phi) is 5.83. The van der Waals surface area contributed by atoms with Gasteiger partial charge in [0.1, 0.15) is 17.1 Å². The fraction of sp³-hybridized carbons (Fsp3) is 0.632. The number of methoxy groups -OCH3 is 2. The average Bonchev–Trinajstić information content (AvgIpc) is 3.30. The first-order valence-corrected chi connectivity index (χ1v) is 9.23. The molecule has 1 aliphatic carbocycles. The lowest BCUT2D eigenvalue weighted by atomic mass is 10.1. The van der Waals surface area contributed by atoms with E-state index in [9.17, 15) is 18.0 Å². The minimum atomic E-state index is -4.55. The van der Waals surface area contributed by atoms with Gasteiger partial charge in [-0.15, -0.1) is 0 Å². The first-order chi connectivity index (χ1) is 12.8. The monoisotopic (exact) mass is 386 g/mol. The van der Waals surface area contributed by atoms with Gasteiger partial charge >= 0.3 is 6.18 Å². The van der Waals surface area contributed by atoms with Crippen LogP contribution in [0.5, 0.6) is 11.5 Å². The summed E-state index contributed by atoms with van der Waals surface area (Å²) in [5, 5.41) is 3.01. The molecule has 1 aliphatic heterocycles. The predicted molar refractivity (Wildman–Crippen MR) is 94.2 cm³/mol. The Morgan fingerprint density at radius 1 is 1.07 bits per heavy atom. The molecule has 0 unspecified atom stereocenters. The van der Waals surface area contributed by atoms with E-state index in [0.717, 1.165) is 57.3 Å². The van der Waals surface area contributed by atoms with Gasteiger partial charge in [0.25, 0.3) is 5.91 Å². The fourth-order valence-electron chi connectivity index (χ4n) is 4.16. The van der Waals surface area contributed by atoms with Crippen molar-refractivity contribution < 1.29 is 27.4 Å². The van der Waals surface area contributed by atoms with E-state index in [2.05, 4.69) is 10.2 Å². The number of ether oxygens (including phenoxy) is 2. The number of amides is 1. The molecule has 27 heavy (non-hydrogen) atoms. The Morgan fingerprint density at radius 2 is 1.67 bits per heavy atom. The summed E-state index contributed by atoms with van der Waals surface area (Å²) in [7, 11) is 2.49. The molecule has 1 saturated heterocycles. The van der Waals surface area contributed by atoms with Gasteiger partial charge in [-0.3, -0.25) is 9.69 Å². The number of carbonyl (C=O) groups excluding carboxylic acids is 1. The molecule has 2 atom stereocenters. The largest absolute Gasteiger partial charge is 0.496 e. The highest BCUT2D eigenvalue weighted by atomic mass is 19.4. The van der Waals surface area contributed by atoms with E-state index in [1.807, 2.05) is 0 Å². The Morgan fingerprint density at radius 3 is 2.19 bits per heavy atom. The minimum Gasteiger partial charge on any atom is -0.496 e. The summed E-state index contributed by atoms with van der Waals surface area (Å²) >= 11 is 0. The molecule has 150 valence electrons. The van der Waals surface area contributed by atoms with E-state index in [1.165, 1.54) is 14.2 Å². The van der Waals surface area contributed by atoms with Crippen LogP contribution in [0.4, 0.5) is 13.2 Å². The fourth-order valence-corrected chi connectivity index (χ4v) is 4.16. The van der Waals surface area contributed by atoms with Crippen molar-refractivity contribution in [1.82, 2.24) is 10.2 Å². The maximum atomic E-state index is 13.1. The van der Waals surface area contributed by atoms with Crippen molar-refractivity contribution in [3.05, 3.63) is 23.3 Å². The molecule has 2 aliphatic rings. The van der Waals surface area contributed by atoms with Crippen molar-refractivity contribution in [2.24, 2.45) is 0 Å². The maximum absolute atomic E-state index is 13.1. The summed E-state index contributed by atoms with van der Waals surface area (Å²) in [6, 6.07) is 1.93. The molecule has 1 saturated carbocycles. The standard InChI is InChI=1S/C19H25F3N2O3/c1-26-15-10-12(19(20,21)22)11-16(27-2)17(15)18(25)23-13-6-5-7-14(13)24-8-3-4-9-24/h10-11,13-14H,3-9H2,1-2H3,(H,23,25)/t13-,14+/m0/s1. The zero-order valence-electron chi connectivity index (χ0n) is 15.6. The van der Waals surface area contributed by atoms with Crippen LogP contribution < -0.4 is 14.8 Å². The van der Waals surface area contributed by atoms with Gasteiger partial charge in [-0.05, 0) is 57.3 Å². The van der Waals surface area contributed by atoms with Gasteiger partial charge in [0, 0.05) is 12.1 Å². The zero-order valence-corrected chi connectivity index (χ0v) is 15.6. The van der Waals surface area contributed by atoms with E-state index in [0.29, 0.717) is 0 Å². The first-order valence-electron chi connectivity index (χ1n) is 9.23. The summed E-state index contributed by atoms with van der Waals surface area (Å²) in [5.74, 6) is -0.752. The summed E-state index contributed by atoms with van der Waals surface area (Å²) in [6.07, 6.45) is 0.676. The summed E-state index contributed by atoms with van der Waals surface area (Å²) in [5.41, 5.74) is -0.913. The van der Waals surface area contributed by atoms with Crippen LogP contribution in [-0.4, -0.2) is 50.2 Å². The van der Waals surface area contributed by atoms with Crippen LogP contribution in [0.1, 0.15) is 48.0 Å². The number of alkyl halides is 3. The molecule has 1 aromatic rings. The summed E-state index contributed by atoms with van der Waals surface area (Å²) < 4.78 is 49.4. The van der Waals surface area contributed by atoms with Crippen LogP contribution in [0.2, 0.25) is 0 Å². The highest BCUT2D eigenvalue weighted by Gasteiger charge is 2.37. The third-order valence-electron chi connectivity index (χ3n) is 5.47. The number of rotatable bonds is 5. The van der Waals surface area contributed by atoms with Crippen LogP contribution >= 0.6 is 0 Å². The van der Waals surface area contributed by atoms with Crippen molar-refractivity contribution >= 4 is 5.91 Å². The lowest BCUT2D eigenvalue weighted by Gasteiger charge is -2.30. The molecule has 1 amide bonds. The number of halogens is 3. The van der Waals surface area contributed by atoms with Crippen molar-refractivity contribution in [2.45, 2.75) is 50.4 Å². The molecule has 0 spiro atoms. The Labute approximate surface area is 156 Å². The summed E-state index contributed by atoms with van der Waals surface area (Å²) in [6.45, 7) is 2.06. The smallest absolute Gasteiger partial charge is 0.416 e. The van der Waals surface area contributed by atoms with E-state index in [1.54, 1.807) is 0 Å². The normalized spacial score (nSPS) is 23.4. The van der Waals surface area contributed by atoms with Gasteiger partial charge in [-0.25, -0.2) is 0 Å². The molecule has 3 rings (SSSR count). The Balaban J connectivity index is 1.85. The minimum absolute atomic E-state index is 0.0000666. The second kappa shape index (κ2) is 7.96. The number of nitrogens with one attached hydrogen (secondary N) is 1. The van der Waals surface area contributed by atoms with E-state index in [-0.39, 0.29) is 29.1 Å². The Bertz CT molecular complexity index is 662. The molecular weight excluding hydrogens is 361 g/mol. The molecule has 0 aromatic heterocycles. The number of benzene rings is 1. The maximum Gasteiger partial charge on any atom is 0.416 e. The van der Waals surface area contributed by atoms with Gasteiger partial charge in [-0.1, -0.05) is 0 Å². The van der Waals surface area contributed by atoms with Gasteiger partial charge in [0.05, 0.1) is 19.8 Å². The van der Waals surface area contributed by atoms with Gasteiger partial charge < -0.3 is 14.8 Å². The quantitative estimate of drug-likeness (QED) is 0.842. The summed E-state index contributed by atoms with van der Waals surface area (Å²) in [4.78, 5) is 15.3. The molecule has 1 heterocycles. The van der Waals surface area contributed by atoms with Crippen molar-refractivity contribution in [3.63, 3.8) is 0 Å². The number of hydrogen-bond acceptors (Lipinski definition) is 4. The van der Waals surface area contributed by atoms with E-state index >= 15 is 0 Å². The van der Waals surface area contributed by atoms with Crippen molar-refractivity contribution in [3.8, 4) is 11.5 Å². The van der Waals surface area contributed by atoms with Gasteiger partial charge in [0.2, 0.25) is 0 Å². The second-order valence-corrected chi connectivity index (χ2v) is 7.07. The average molecular weight is 386 g/mol. The zero-order chi connectivity index (χ0) is 19.6. The molecule has 0 bridgehead atoms. The van der Waals surface area contributed by atoms with Crippen LogP contribution in [0.15, 0.2) is 12.1 Å². The van der Waals surface area contributed by atoms with Crippen LogP contribution in [0, 0.1) is 0 Å². The highest BCUT2D eigenvalue weighted by Crippen LogP contribution is 2.38. The van der Waals surface area contributed by atoms with Crippen LogP contribution in [-0.2, 0) is 6.18 Å². The highest BCUT2D eigenvalue weighted by molar-refractivity contribution is 6.00. The van der Waals surface area contributed by atoms with Crippen LogP contribution in [0.25, 0.3) is 0 Å². The molecule has 0 radical (unpaired) electrons. The molecule has 5 nitrogen and oxygen atoms in total. The second-order valence-electron chi connectivity index (χ2n) is 7.07. The molecular formula is C19H25F3N2O3. The molecule has 1 aromatic carbocycles. The van der Waals surface area contributed by atoms with Crippen molar-refractivity contribution in [2.75, 3.05) is 27.3 Å². The van der Waals surface area contributed by atoms with Crippen LogP contribution in [0.3, 0.4) is 0 Å². The molecule has 1 N–H and O–H groups in total. The Hall–Kier alpha value is -1.96.